The summed E-state index contributed by atoms with van der Waals surface area (Å²) in [5.41, 5.74) is 0.742. The number of piperidine rings is 1. The lowest BCUT2D eigenvalue weighted by Gasteiger charge is -2.41. The zero-order chi connectivity index (χ0) is 25.2. The largest absolute Gasteiger partial charge is 0.573 e. The minimum atomic E-state index is -4.72. The molecule has 1 N–H and O–H groups in total. The van der Waals surface area contributed by atoms with E-state index >= 15 is 0 Å². The van der Waals surface area contributed by atoms with Gasteiger partial charge in [-0.3, -0.25) is 14.6 Å². The van der Waals surface area contributed by atoms with E-state index in [2.05, 4.69) is 15.0 Å². The summed E-state index contributed by atoms with van der Waals surface area (Å²) in [6.45, 7) is 1.96. The number of methoxy groups -OCH3 is 1. The van der Waals surface area contributed by atoms with Crippen LogP contribution in [-0.4, -0.2) is 60.9 Å². The molecule has 10 heteroatoms. The van der Waals surface area contributed by atoms with E-state index in [1.807, 2.05) is 24.3 Å². The Labute approximate surface area is 201 Å². The Kier molecular flexibility index (Phi) is 6.93. The second-order valence-corrected chi connectivity index (χ2v) is 9.04. The highest BCUT2D eigenvalue weighted by atomic mass is 19.4. The van der Waals surface area contributed by atoms with Crippen molar-refractivity contribution < 1.29 is 32.2 Å². The number of amides is 3. The first-order valence-corrected chi connectivity index (χ1v) is 11.4. The molecule has 0 aromatic heterocycles. The zero-order valence-electron chi connectivity index (χ0n) is 19.6. The Morgan fingerprint density at radius 2 is 1.71 bits per heavy atom. The first-order chi connectivity index (χ1) is 16.6. The summed E-state index contributed by atoms with van der Waals surface area (Å²) in [5.74, 6) is 0.140. The van der Waals surface area contributed by atoms with Gasteiger partial charge in [-0.2, -0.15) is 0 Å². The fourth-order valence-electron chi connectivity index (χ4n) is 5.00. The van der Waals surface area contributed by atoms with Gasteiger partial charge in [0.05, 0.1) is 7.11 Å². The van der Waals surface area contributed by atoms with E-state index in [1.54, 1.807) is 19.2 Å². The number of carbonyl (C=O) groups is 2. The van der Waals surface area contributed by atoms with E-state index in [1.165, 1.54) is 19.2 Å². The van der Waals surface area contributed by atoms with E-state index in [-0.39, 0.29) is 17.6 Å². The number of urea groups is 1. The maximum atomic E-state index is 13.3. The monoisotopic (exact) mass is 491 g/mol. The molecular formula is C25H28F3N3O4. The minimum Gasteiger partial charge on any atom is -0.497 e. The average molecular weight is 492 g/mol. The van der Waals surface area contributed by atoms with Gasteiger partial charge < -0.3 is 14.8 Å². The number of ether oxygens (including phenoxy) is 2. The Bertz CT molecular complexity index is 1070. The highest BCUT2D eigenvalue weighted by Crippen LogP contribution is 2.37. The molecule has 7 nitrogen and oxygen atoms in total. The Balaban J connectivity index is 1.44. The van der Waals surface area contributed by atoms with Crippen molar-refractivity contribution in [3.05, 3.63) is 59.7 Å². The van der Waals surface area contributed by atoms with Crippen LogP contribution in [0.3, 0.4) is 0 Å². The van der Waals surface area contributed by atoms with Crippen LogP contribution in [0.2, 0.25) is 0 Å². The quantitative estimate of drug-likeness (QED) is 0.594. The van der Waals surface area contributed by atoms with Crippen molar-refractivity contribution in [2.45, 2.75) is 37.7 Å². The third-order valence-corrected chi connectivity index (χ3v) is 6.79. The molecule has 0 aliphatic carbocycles. The molecule has 0 saturated carbocycles. The van der Waals surface area contributed by atoms with Crippen LogP contribution in [0.1, 0.15) is 24.0 Å². The lowest BCUT2D eigenvalue weighted by Crippen LogP contribution is -2.57. The second-order valence-electron chi connectivity index (χ2n) is 9.04. The molecule has 2 heterocycles. The maximum absolute atomic E-state index is 13.3. The van der Waals surface area contributed by atoms with Crippen LogP contribution in [-0.2, 0) is 17.8 Å². The number of benzene rings is 2. The highest BCUT2D eigenvalue weighted by molar-refractivity contribution is 6.07. The Morgan fingerprint density at radius 1 is 1.03 bits per heavy atom. The molecule has 0 unspecified atom stereocenters. The van der Waals surface area contributed by atoms with Gasteiger partial charge in [-0.05, 0) is 67.2 Å². The molecule has 188 valence electrons. The predicted molar refractivity (Wildman–Crippen MR) is 122 cm³/mol. The number of alkyl halides is 3. The van der Waals surface area contributed by atoms with E-state index in [0.717, 1.165) is 16.0 Å². The smallest absolute Gasteiger partial charge is 0.497 e. The fourth-order valence-corrected chi connectivity index (χ4v) is 5.00. The zero-order valence-corrected chi connectivity index (χ0v) is 19.6. The van der Waals surface area contributed by atoms with Crippen molar-refractivity contribution in [2.75, 3.05) is 27.2 Å². The summed E-state index contributed by atoms with van der Waals surface area (Å²) in [4.78, 5) is 29.1. The number of nitrogens with zero attached hydrogens (tertiary/aromatic N) is 2. The number of hydrogen-bond acceptors (Lipinski definition) is 5. The summed E-state index contributed by atoms with van der Waals surface area (Å²) in [5, 5.41) is 2.98. The number of nitrogens with one attached hydrogen (secondary N) is 1. The van der Waals surface area contributed by atoms with Crippen LogP contribution in [0.5, 0.6) is 11.5 Å². The van der Waals surface area contributed by atoms with Crippen molar-refractivity contribution >= 4 is 11.9 Å². The average Bonchev–Trinajstić information content (AvgIpc) is 3.04. The van der Waals surface area contributed by atoms with Crippen molar-refractivity contribution in [3.63, 3.8) is 0 Å². The first-order valence-electron chi connectivity index (χ1n) is 11.4. The van der Waals surface area contributed by atoms with Crippen molar-refractivity contribution in [3.8, 4) is 11.5 Å². The van der Waals surface area contributed by atoms with Gasteiger partial charge in [-0.25, -0.2) is 4.79 Å². The normalized spacial score (nSPS) is 21.8. The van der Waals surface area contributed by atoms with Gasteiger partial charge in [-0.15, -0.1) is 13.2 Å². The number of carbonyl (C=O) groups excluding carboxylic acids is 2. The van der Waals surface area contributed by atoms with Crippen LogP contribution in [0.4, 0.5) is 18.0 Å². The fraction of sp³-hybridized carbons (Fsp3) is 0.440. The molecular weight excluding hydrogens is 463 g/mol. The molecule has 2 aromatic rings. The second kappa shape index (κ2) is 9.77. The van der Waals surface area contributed by atoms with Gasteiger partial charge in [0.15, 0.2) is 0 Å². The highest BCUT2D eigenvalue weighted by Gasteiger charge is 2.54. The van der Waals surface area contributed by atoms with Gasteiger partial charge in [-0.1, -0.05) is 24.3 Å². The summed E-state index contributed by atoms with van der Waals surface area (Å²) < 4.78 is 46.4. The van der Waals surface area contributed by atoms with Gasteiger partial charge in [0.25, 0.3) is 5.91 Å². The first kappa shape index (κ1) is 24.8. The molecule has 2 fully saturated rings. The van der Waals surface area contributed by atoms with E-state index in [4.69, 9.17) is 4.74 Å². The molecule has 35 heavy (non-hydrogen) atoms. The summed E-state index contributed by atoms with van der Waals surface area (Å²) in [7, 11) is 3.07. The maximum Gasteiger partial charge on any atom is 0.573 e. The SMILES string of the molecule is COc1cccc(C[C@]2(C3CCN(Cc4ccc(OC(F)(F)F)cc4)CC3)NC(=O)N(C)C2=O)c1. The third-order valence-electron chi connectivity index (χ3n) is 6.79. The Hall–Kier alpha value is -3.27. The molecule has 0 radical (unpaired) electrons. The van der Waals surface area contributed by atoms with Crippen LogP contribution >= 0.6 is 0 Å². The molecule has 2 aromatic carbocycles. The predicted octanol–water partition coefficient (Wildman–Crippen LogP) is 3.97. The van der Waals surface area contributed by atoms with Gasteiger partial charge in [0, 0.05) is 20.0 Å². The van der Waals surface area contributed by atoms with Crippen LogP contribution in [0.15, 0.2) is 48.5 Å². The van der Waals surface area contributed by atoms with Crippen LogP contribution in [0.25, 0.3) is 0 Å². The van der Waals surface area contributed by atoms with Crippen molar-refractivity contribution in [2.24, 2.45) is 5.92 Å². The van der Waals surface area contributed by atoms with Crippen molar-refractivity contribution in [1.29, 1.82) is 0 Å². The summed E-state index contributed by atoms with van der Waals surface area (Å²) in [6, 6.07) is 12.9. The third kappa shape index (κ3) is 5.53. The number of imide groups is 1. The number of likely N-dealkylation sites (N-methyl/N-ethyl adjacent to an activating group) is 1. The van der Waals surface area contributed by atoms with Gasteiger partial charge >= 0.3 is 12.4 Å². The minimum absolute atomic E-state index is 0.0612. The standard InChI is InChI=1S/C25H28F3N3O4/c1-30-22(32)24(29-23(30)33,15-18-4-3-5-21(14-18)34-2)19-10-12-31(13-11-19)16-17-6-8-20(9-7-17)35-25(26,27)28/h3-9,14,19H,10-13,15-16H2,1-2H3,(H,29,33)/t24-/m1/s1. The van der Waals surface area contributed by atoms with Crippen LogP contribution < -0.4 is 14.8 Å². The van der Waals surface area contributed by atoms with E-state index < -0.39 is 17.9 Å². The molecule has 1 atom stereocenters. The molecule has 0 spiro atoms. The summed E-state index contributed by atoms with van der Waals surface area (Å²) >= 11 is 0. The molecule has 2 aliphatic heterocycles. The lowest BCUT2D eigenvalue weighted by molar-refractivity contribution is -0.274. The van der Waals surface area contributed by atoms with E-state index in [0.29, 0.717) is 44.6 Å². The molecule has 2 aliphatic rings. The lowest BCUT2D eigenvalue weighted by atomic mass is 9.74. The number of hydrogen-bond donors (Lipinski definition) is 1. The number of rotatable bonds is 7. The summed E-state index contributed by atoms with van der Waals surface area (Å²) in [6.07, 6.45) is -2.96. The van der Waals surface area contributed by atoms with E-state index in [9.17, 15) is 22.8 Å². The van der Waals surface area contributed by atoms with Gasteiger partial charge in [0.2, 0.25) is 0 Å². The Morgan fingerprint density at radius 3 is 2.29 bits per heavy atom. The topological polar surface area (TPSA) is 71.1 Å². The van der Waals surface area contributed by atoms with Crippen LogP contribution in [0, 0.1) is 5.92 Å². The molecule has 0 bridgehead atoms. The number of halogens is 3. The van der Waals surface area contributed by atoms with Crippen molar-refractivity contribution in [1.82, 2.24) is 15.1 Å². The number of likely N-dealkylation sites (tertiary alicyclic amines) is 1. The molecule has 4 rings (SSSR count). The van der Waals surface area contributed by atoms with Gasteiger partial charge in [0.1, 0.15) is 17.0 Å². The molecule has 3 amide bonds. The molecule has 2 saturated heterocycles.